The minimum atomic E-state index is -0.434. The summed E-state index contributed by atoms with van der Waals surface area (Å²) in [4.78, 5) is 26.6. The van der Waals surface area contributed by atoms with E-state index < -0.39 is 5.97 Å². The van der Waals surface area contributed by atoms with Gasteiger partial charge in [-0.1, -0.05) is 6.08 Å². The SMILES string of the molecule is C/C=C/C(=O)Nc1cc(C(=O)OCC)ccn1. The zero-order chi connectivity index (χ0) is 12.7. The molecule has 1 aromatic heterocycles. The molecule has 0 aliphatic carbocycles. The molecule has 0 radical (unpaired) electrons. The molecule has 0 atom stereocenters. The van der Waals surface area contributed by atoms with E-state index in [-0.39, 0.29) is 5.91 Å². The highest BCUT2D eigenvalue weighted by Gasteiger charge is 2.08. The van der Waals surface area contributed by atoms with Gasteiger partial charge in [0.15, 0.2) is 0 Å². The molecule has 0 bridgehead atoms. The van der Waals surface area contributed by atoms with Crippen molar-refractivity contribution in [2.24, 2.45) is 0 Å². The molecule has 1 aromatic rings. The van der Waals surface area contributed by atoms with Crippen molar-refractivity contribution in [2.45, 2.75) is 13.8 Å². The van der Waals surface area contributed by atoms with Crippen molar-refractivity contribution in [1.29, 1.82) is 0 Å². The van der Waals surface area contributed by atoms with Crippen LogP contribution in [0.2, 0.25) is 0 Å². The minimum Gasteiger partial charge on any atom is -0.462 e. The summed E-state index contributed by atoms with van der Waals surface area (Å²) in [6, 6.07) is 3.00. The number of hydrogen-bond donors (Lipinski definition) is 1. The molecular weight excluding hydrogens is 220 g/mol. The zero-order valence-electron chi connectivity index (χ0n) is 9.77. The van der Waals surface area contributed by atoms with Gasteiger partial charge in [-0.05, 0) is 32.1 Å². The summed E-state index contributed by atoms with van der Waals surface area (Å²) in [7, 11) is 0. The Bertz CT molecular complexity index is 441. The highest BCUT2D eigenvalue weighted by Crippen LogP contribution is 2.08. The topological polar surface area (TPSA) is 68.3 Å². The molecule has 5 nitrogen and oxygen atoms in total. The van der Waals surface area contributed by atoms with Gasteiger partial charge in [-0.3, -0.25) is 4.79 Å². The number of ether oxygens (including phenoxy) is 1. The fourth-order valence-electron chi connectivity index (χ4n) is 1.16. The number of anilines is 1. The van der Waals surface area contributed by atoms with Gasteiger partial charge in [0, 0.05) is 6.20 Å². The first-order valence-corrected chi connectivity index (χ1v) is 5.24. The molecule has 0 saturated carbocycles. The lowest BCUT2D eigenvalue weighted by molar-refractivity contribution is -0.111. The van der Waals surface area contributed by atoms with Crippen LogP contribution in [0, 0.1) is 0 Å². The van der Waals surface area contributed by atoms with Crippen LogP contribution >= 0.6 is 0 Å². The molecule has 1 amide bonds. The normalized spacial score (nSPS) is 10.2. The van der Waals surface area contributed by atoms with Crippen LogP contribution in [-0.4, -0.2) is 23.5 Å². The van der Waals surface area contributed by atoms with Crippen LogP contribution in [0.4, 0.5) is 5.82 Å². The molecule has 0 aromatic carbocycles. The van der Waals surface area contributed by atoms with Gasteiger partial charge in [0.25, 0.3) is 0 Å². The van der Waals surface area contributed by atoms with Gasteiger partial charge >= 0.3 is 5.97 Å². The van der Waals surface area contributed by atoms with Gasteiger partial charge < -0.3 is 10.1 Å². The van der Waals surface area contributed by atoms with E-state index >= 15 is 0 Å². The average Bonchev–Trinajstić information content (AvgIpc) is 2.30. The van der Waals surface area contributed by atoms with Crippen molar-refractivity contribution in [3.8, 4) is 0 Å². The van der Waals surface area contributed by atoms with Crippen LogP contribution in [0.3, 0.4) is 0 Å². The average molecular weight is 234 g/mol. The van der Waals surface area contributed by atoms with Crippen LogP contribution in [0.5, 0.6) is 0 Å². The Labute approximate surface area is 99.5 Å². The Morgan fingerprint density at radius 1 is 1.53 bits per heavy atom. The maximum Gasteiger partial charge on any atom is 0.338 e. The molecule has 1 rings (SSSR count). The number of carbonyl (C=O) groups excluding carboxylic acids is 2. The minimum absolute atomic E-state index is 0.291. The Kier molecular flexibility index (Phi) is 4.87. The van der Waals surface area contributed by atoms with E-state index in [4.69, 9.17) is 4.74 Å². The van der Waals surface area contributed by atoms with Crippen molar-refractivity contribution in [2.75, 3.05) is 11.9 Å². The number of carbonyl (C=O) groups is 2. The van der Waals surface area contributed by atoms with Gasteiger partial charge in [0.2, 0.25) is 5.91 Å². The Balaban J connectivity index is 2.79. The molecule has 1 N–H and O–H groups in total. The van der Waals surface area contributed by atoms with E-state index in [0.29, 0.717) is 18.0 Å². The third-order valence-corrected chi connectivity index (χ3v) is 1.84. The number of allylic oxidation sites excluding steroid dienone is 1. The lowest BCUT2D eigenvalue weighted by Gasteiger charge is -2.04. The predicted octanol–water partition coefficient (Wildman–Crippen LogP) is 1.77. The van der Waals surface area contributed by atoms with E-state index in [1.807, 2.05) is 0 Å². The van der Waals surface area contributed by atoms with E-state index in [1.54, 1.807) is 19.9 Å². The lowest BCUT2D eigenvalue weighted by atomic mass is 10.2. The zero-order valence-corrected chi connectivity index (χ0v) is 9.77. The van der Waals surface area contributed by atoms with E-state index in [0.717, 1.165) is 0 Å². The first-order valence-electron chi connectivity index (χ1n) is 5.24. The van der Waals surface area contributed by atoms with E-state index in [2.05, 4.69) is 10.3 Å². The largest absolute Gasteiger partial charge is 0.462 e. The van der Waals surface area contributed by atoms with Crippen LogP contribution in [0.1, 0.15) is 24.2 Å². The molecule has 5 heteroatoms. The number of nitrogens with one attached hydrogen (secondary N) is 1. The van der Waals surface area contributed by atoms with Crippen LogP contribution in [-0.2, 0) is 9.53 Å². The van der Waals surface area contributed by atoms with Crippen molar-refractivity contribution in [3.05, 3.63) is 36.0 Å². The Morgan fingerprint density at radius 2 is 2.29 bits per heavy atom. The monoisotopic (exact) mass is 234 g/mol. The second-order valence-electron chi connectivity index (χ2n) is 3.14. The second-order valence-corrected chi connectivity index (χ2v) is 3.14. The molecule has 0 aliphatic heterocycles. The van der Waals surface area contributed by atoms with Gasteiger partial charge in [-0.25, -0.2) is 9.78 Å². The Hall–Kier alpha value is -2.17. The molecule has 0 saturated heterocycles. The highest BCUT2D eigenvalue weighted by molar-refractivity contribution is 5.99. The first-order chi connectivity index (χ1) is 8.17. The summed E-state index contributed by atoms with van der Waals surface area (Å²) in [5.41, 5.74) is 0.359. The smallest absolute Gasteiger partial charge is 0.338 e. The van der Waals surface area contributed by atoms with Gasteiger partial charge in [0.05, 0.1) is 12.2 Å². The van der Waals surface area contributed by atoms with Gasteiger partial charge in [-0.15, -0.1) is 0 Å². The second kappa shape index (κ2) is 6.42. The predicted molar refractivity (Wildman–Crippen MR) is 63.6 cm³/mol. The van der Waals surface area contributed by atoms with Crippen molar-refractivity contribution >= 4 is 17.7 Å². The third-order valence-electron chi connectivity index (χ3n) is 1.84. The van der Waals surface area contributed by atoms with Crippen LogP contribution < -0.4 is 5.32 Å². The fourth-order valence-corrected chi connectivity index (χ4v) is 1.16. The van der Waals surface area contributed by atoms with Crippen LogP contribution in [0.25, 0.3) is 0 Å². The number of amides is 1. The number of pyridine rings is 1. The third kappa shape index (κ3) is 4.06. The number of hydrogen-bond acceptors (Lipinski definition) is 4. The molecule has 0 unspecified atom stereocenters. The summed E-state index contributed by atoms with van der Waals surface area (Å²) in [6.45, 7) is 3.78. The molecule has 90 valence electrons. The molecule has 17 heavy (non-hydrogen) atoms. The fraction of sp³-hybridized carbons (Fsp3) is 0.250. The maximum atomic E-state index is 11.4. The number of aromatic nitrogens is 1. The number of nitrogens with zero attached hydrogens (tertiary/aromatic N) is 1. The summed E-state index contributed by atoms with van der Waals surface area (Å²) >= 11 is 0. The molecule has 0 spiro atoms. The lowest BCUT2D eigenvalue weighted by Crippen LogP contribution is -2.11. The van der Waals surface area contributed by atoms with Crippen LogP contribution in [0.15, 0.2) is 30.5 Å². The maximum absolute atomic E-state index is 11.4. The standard InChI is InChI=1S/C12H14N2O3/c1-3-5-11(15)14-10-8-9(6-7-13-10)12(16)17-4-2/h3,5-8H,4H2,1-2H3,(H,13,14,15)/b5-3+. The molecule has 0 fully saturated rings. The summed E-state index contributed by atoms with van der Waals surface area (Å²) in [5, 5.41) is 2.54. The van der Waals surface area contributed by atoms with Crippen molar-refractivity contribution in [1.82, 2.24) is 4.98 Å². The molecule has 1 heterocycles. The first kappa shape index (κ1) is 12.9. The summed E-state index contributed by atoms with van der Waals surface area (Å²) < 4.78 is 4.84. The Morgan fingerprint density at radius 3 is 2.94 bits per heavy atom. The van der Waals surface area contributed by atoms with Gasteiger partial charge in [-0.2, -0.15) is 0 Å². The highest BCUT2D eigenvalue weighted by atomic mass is 16.5. The van der Waals surface area contributed by atoms with Gasteiger partial charge in [0.1, 0.15) is 5.82 Å². The molecular formula is C12H14N2O3. The summed E-state index contributed by atoms with van der Waals surface area (Å²) in [6.07, 6.45) is 4.43. The number of esters is 1. The summed E-state index contributed by atoms with van der Waals surface area (Å²) in [5.74, 6) is -0.406. The number of rotatable bonds is 4. The van der Waals surface area contributed by atoms with Crippen molar-refractivity contribution in [3.63, 3.8) is 0 Å². The van der Waals surface area contributed by atoms with E-state index in [9.17, 15) is 9.59 Å². The molecule has 0 aliphatic rings. The van der Waals surface area contributed by atoms with Crippen molar-refractivity contribution < 1.29 is 14.3 Å². The van der Waals surface area contributed by atoms with E-state index in [1.165, 1.54) is 24.4 Å². The quantitative estimate of drug-likeness (QED) is 0.636.